The third-order valence-electron chi connectivity index (χ3n) is 6.98. The van der Waals surface area contributed by atoms with Gasteiger partial charge >= 0.3 is 0 Å². The number of carbonyl (C=O) groups excluding carboxylic acids is 2. The summed E-state index contributed by atoms with van der Waals surface area (Å²) in [7, 11) is 4.06. The molecule has 2 heterocycles. The van der Waals surface area contributed by atoms with E-state index in [1.807, 2.05) is 75.6 Å². The highest BCUT2D eigenvalue weighted by atomic mass is 16.5. The molecule has 0 bridgehead atoms. The first-order valence-corrected chi connectivity index (χ1v) is 12.3. The molecule has 1 fully saturated rings. The summed E-state index contributed by atoms with van der Waals surface area (Å²) in [5.74, 6) is -0.976. The molecule has 5 rings (SSSR count). The first-order chi connectivity index (χ1) is 17.3. The van der Waals surface area contributed by atoms with E-state index in [4.69, 9.17) is 4.74 Å². The Bertz CT molecular complexity index is 1330. The minimum absolute atomic E-state index is 0.0184. The molecule has 1 saturated heterocycles. The van der Waals surface area contributed by atoms with Gasteiger partial charge in [-0.1, -0.05) is 54.3 Å². The number of ether oxygens (including phenoxy) is 1. The maximum Gasteiger partial charge on any atom is 0.295 e. The van der Waals surface area contributed by atoms with E-state index in [2.05, 4.69) is 0 Å². The summed E-state index contributed by atoms with van der Waals surface area (Å²) >= 11 is 0. The molecule has 2 atom stereocenters. The molecule has 0 spiro atoms. The first kappa shape index (κ1) is 23.8. The number of nitrogens with one attached hydrogen (secondary N) is 1. The van der Waals surface area contributed by atoms with Crippen LogP contribution in [0.1, 0.15) is 35.2 Å². The number of hydrogen-bond acceptors (Lipinski definition) is 4. The summed E-state index contributed by atoms with van der Waals surface area (Å²) in [6.45, 7) is 2.32. The van der Waals surface area contributed by atoms with Crippen molar-refractivity contribution in [1.82, 2.24) is 4.90 Å². The molecule has 1 N–H and O–H groups in total. The highest BCUT2D eigenvalue weighted by molar-refractivity contribution is 6.46. The van der Waals surface area contributed by atoms with Crippen LogP contribution in [-0.4, -0.2) is 43.3 Å². The maximum atomic E-state index is 13.8. The molecule has 3 aromatic carbocycles. The fourth-order valence-corrected chi connectivity index (χ4v) is 5.06. The molecule has 6 nitrogen and oxygen atoms in total. The third kappa shape index (κ3) is 4.40. The van der Waals surface area contributed by atoms with Crippen LogP contribution >= 0.6 is 0 Å². The molecule has 0 aromatic heterocycles. The van der Waals surface area contributed by atoms with Crippen LogP contribution in [0.25, 0.3) is 5.76 Å². The molecule has 0 aliphatic carbocycles. The van der Waals surface area contributed by atoms with Crippen molar-refractivity contribution in [3.8, 4) is 5.75 Å². The van der Waals surface area contributed by atoms with Gasteiger partial charge in [-0.3, -0.25) is 9.59 Å². The molecular weight excluding hydrogens is 452 g/mol. The number of rotatable bonds is 6. The summed E-state index contributed by atoms with van der Waals surface area (Å²) < 4.78 is 5.77. The quantitative estimate of drug-likeness (QED) is 0.332. The fourth-order valence-electron chi connectivity index (χ4n) is 5.06. The van der Waals surface area contributed by atoms with E-state index in [0.717, 1.165) is 33.0 Å². The van der Waals surface area contributed by atoms with E-state index in [0.29, 0.717) is 24.9 Å². The lowest BCUT2D eigenvalue weighted by molar-refractivity contribution is -0.786. The van der Waals surface area contributed by atoms with Gasteiger partial charge < -0.3 is 19.6 Å². The van der Waals surface area contributed by atoms with Crippen LogP contribution in [0.4, 0.5) is 5.69 Å². The van der Waals surface area contributed by atoms with Gasteiger partial charge in [0.15, 0.2) is 0 Å². The summed E-state index contributed by atoms with van der Waals surface area (Å²) in [6, 6.07) is 22.2. The van der Waals surface area contributed by atoms with Crippen molar-refractivity contribution < 1.29 is 24.3 Å². The Morgan fingerprint density at radius 3 is 2.44 bits per heavy atom. The number of quaternary nitrogens is 1. The second-order valence-corrected chi connectivity index (χ2v) is 9.79. The second kappa shape index (κ2) is 9.63. The van der Waals surface area contributed by atoms with Crippen LogP contribution in [0.15, 0.2) is 78.4 Å². The van der Waals surface area contributed by atoms with E-state index < -0.39 is 23.5 Å². The van der Waals surface area contributed by atoms with E-state index in [9.17, 15) is 14.7 Å². The zero-order chi connectivity index (χ0) is 25.4. The number of hydrogen-bond donors (Lipinski definition) is 1. The fraction of sp³-hybridized carbons (Fsp3) is 0.267. The lowest BCUT2D eigenvalue weighted by Crippen LogP contribution is -3.00. The number of benzene rings is 3. The van der Waals surface area contributed by atoms with Gasteiger partial charge in [0.25, 0.3) is 5.91 Å². The monoisotopic (exact) mass is 482 g/mol. The predicted octanol–water partition coefficient (Wildman–Crippen LogP) is 2.25. The zero-order valence-electron chi connectivity index (χ0n) is 20.8. The van der Waals surface area contributed by atoms with Gasteiger partial charge in [-0.2, -0.15) is 0 Å². The van der Waals surface area contributed by atoms with Gasteiger partial charge in [0.2, 0.25) is 5.78 Å². The molecule has 1 amide bonds. The minimum Gasteiger partial charge on any atom is -0.872 e. The van der Waals surface area contributed by atoms with Gasteiger partial charge in [0, 0.05) is 18.5 Å². The van der Waals surface area contributed by atoms with Crippen LogP contribution < -0.4 is 14.7 Å². The van der Waals surface area contributed by atoms with Crippen LogP contribution in [0.3, 0.4) is 0 Å². The lowest BCUT2D eigenvalue weighted by Gasteiger charge is -2.28. The van der Waals surface area contributed by atoms with E-state index in [1.165, 1.54) is 0 Å². The number of ketones is 1. The largest absolute Gasteiger partial charge is 0.872 e. The van der Waals surface area contributed by atoms with Crippen molar-refractivity contribution in [2.45, 2.75) is 31.9 Å². The normalized spacial score (nSPS) is 20.6. The topological polar surface area (TPSA) is 74.1 Å². The average molecular weight is 483 g/mol. The number of carbonyl (C=O) groups is 2. The molecule has 2 unspecified atom stereocenters. The standard InChI is InChI=1S/C30H30N2O4/c1-19-17-23-18-22(11-14-25(23)36-19)28(33)26-27(21-9-12-24(13-10-21)31(2)3)32(30(35)29(26)34)16-15-20-7-5-4-6-8-20/h4-14,18-19,27,33H,15-17H2,1-3H3. The number of Topliss-reactive ketones (excluding diaryl/α,β-unsaturated/α-hetero) is 1. The number of fused-ring (bicyclic) bond motifs is 1. The number of amides is 1. The Balaban J connectivity index is 1.57. The molecule has 0 radical (unpaired) electrons. The maximum absolute atomic E-state index is 13.8. The van der Waals surface area contributed by atoms with Crippen LogP contribution in [0, 0.1) is 0 Å². The molecule has 2 aliphatic rings. The van der Waals surface area contributed by atoms with Gasteiger partial charge in [-0.15, -0.1) is 0 Å². The van der Waals surface area contributed by atoms with Crippen molar-refractivity contribution in [2.75, 3.05) is 20.6 Å². The SMILES string of the molecule is CC1Cc2cc(C([O-])=C3C(=O)C(=O)N(CCc4ccccc4)C3c3ccc([NH+](C)C)cc3)ccc2O1. The van der Waals surface area contributed by atoms with E-state index in [-0.39, 0.29) is 11.7 Å². The Morgan fingerprint density at radius 1 is 1.03 bits per heavy atom. The van der Waals surface area contributed by atoms with E-state index in [1.54, 1.807) is 23.1 Å². The van der Waals surface area contributed by atoms with Gasteiger partial charge in [0.05, 0.1) is 20.1 Å². The molecule has 0 saturated carbocycles. The third-order valence-corrected chi connectivity index (χ3v) is 6.98. The molecular formula is C30H30N2O4. The smallest absolute Gasteiger partial charge is 0.295 e. The molecule has 184 valence electrons. The van der Waals surface area contributed by atoms with Crippen LogP contribution in [0.2, 0.25) is 0 Å². The predicted molar refractivity (Wildman–Crippen MR) is 136 cm³/mol. The Kier molecular flexibility index (Phi) is 6.37. The summed E-state index contributed by atoms with van der Waals surface area (Å²) in [6.07, 6.45) is 1.34. The summed E-state index contributed by atoms with van der Waals surface area (Å²) in [5, 5.41) is 13.8. The van der Waals surface area contributed by atoms with Crippen LogP contribution in [-0.2, 0) is 22.4 Å². The summed E-state index contributed by atoms with van der Waals surface area (Å²) in [5.41, 5.74) is 4.27. The van der Waals surface area contributed by atoms with Crippen molar-refractivity contribution in [2.24, 2.45) is 0 Å². The van der Waals surface area contributed by atoms with Crippen molar-refractivity contribution >= 4 is 23.1 Å². The first-order valence-electron chi connectivity index (χ1n) is 12.3. The molecule has 36 heavy (non-hydrogen) atoms. The highest BCUT2D eigenvalue weighted by Gasteiger charge is 2.44. The zero-order valence-corrected chi connectivity index (χ0v) is 20.8. The lowest BCUT2D eigenvalue weighted by atomic mass is 9.94. The van der Waals surface area contributed by atoms with E-state index >= 15 is 0 Å². The van der Waals surface area contributed by atoms with Gasteiger partial charge in [0.1, 0.15) is 17.5 Å². The van der Waals surface area contributed by atoms with Crippen molar-refractivity contribution in [3.05, 3.63) is 101 Å². The molecule has 3 aromatic rings. The van der Waals surface area contributed by atoms with Crippen molar-refractivity contribution in [3.63, 3.8) is 0 Å². The molecule has 6 heteroatoms. The Morgan fingerprint density at radius 2 is 1.75 bits per heavy atom. The Labute approximate surface area is 211 Å². The Hall–Kier alpha value is -3.90. The second-order valence-electron chi connectivity index (χ2n) is 9.79. The number of likely N-dealkylation sites (tertiary alicyclic amines) is 1. The van der Waals surface area contributed by atoms with Crippen molar-refractivity contribution in [1.29, 1.82) is 0 Å². The number of nitrogens with zero attached hydrogens (tertiary/aromatic N) is 1. The average Bonchev–Trinajstić information content (AvgIpc) is 3.38. The summed E-state index contributed by atoms with van der Waals surface area (Å²) in [4.78, 5) is 29.3. The van der Waals surface area contributed by atoms with Gasteiger partial charge in [-0.05, 0) is 59.9 Å². The van der Waals surface area contributed by atoms with Gasteiger partial charge in [-0.25, -0.2) is 0 Å². The highest BCUT2D eigenvalue weighted by Crippen LogP contribution is 2.40. The minimum atomic E-state index is -0.726. The molecule has 2 aliphatic heterocycles. The van der Waals surface area contributed by atoms with Crippen LogP contribution in [0.5, 0.6) is 5.75 Å².